The number of benzene rings is 1. The Kier molecular flexibility index (Phi) is 5.39. The number of carbonyl (C=O) groups is 2. The molecule has 4 rings (SSSR count). The molecule has 5 heteroatoms. The van der Waals surface area contributed by atoms with Gasteiger partial charge in [-0.2, -0.15) is 0 Å². The van der Waals surface area contributed by atoms with Crippen molar-refractivity contribution >= 4 is 17.6 Å². The third-order valence-electron chi connectivity index (χ3n) is 6.27. The predicted octanol–water partition coefficient (Wildman–Crippen LogP) is 4.62. The summed E-state index contributed by atoms with van der Waals surface area (Å²) in [7, 11) is 0. The molecule has 1 fully saturated rings. The first kappa shape index (κ1) is 19.6. The summed E-state index contributed by atoms with van der Waals surface area (Å²) in [6, 6.07) is 13.1. The Morgan fingerprint density at radius 3 is 2.55 bits per heavy atom. The smallest absolute Gasteiger partial charge is 0.254 e. The lowest BCUT2D eigenvalue weighted by molar-refractivity contribution is -0.122. The zero-order chi connectivity index (χ0) is 20.4. The molecule has 1 unspecified atom stereocenters. The van der Waals surface area contributed by atoms with E-state index in [0.717, 1.165) is 37.7 Å². The van der Waals surface area contributed by atoms with Crippen molar-refractivity contribution in [3.8, 4) is 0 Å². The molecule has 152 valence electrons. The zero-order valence-corrected chi connectivity index (χ0v) is 17.2. The second kappa shape index (κ2) is 7.97. The summed E-state index contributed by atoms with van der Waals surface area (Å²) >= 11 is 0. The maximum atomic E-state index is 13.7. The number of amides is 2. The van der Waals surface area contributed by atoms with E-state index in [2.05, 4.69) is 24.1 Å². The SMILES string of the molecule is CC(C)CN1C(=O)c2ccccc2C(C(=O)Nc2ccccn2)C12CCCCC2. The minimum absolute atomic E-state index is 0.0677. The largest absolute Gasteiger partial charge is 0.332 e. The van der Waals surface area contributed by atoms with E-state index in [4.69, 9.17) is 0 Å². The number of anilines is 1. The summed E-state index contributed by atoms with van der Waals surface area (Å²) in [6.45, 7) is 4.93. The molecule has 2 amide bonds. The molecule has 5 nitrogen and oxygen atoms in total. The molecule has 1 aromatic carbocycles. The molecule has 29 heavy (non-hydrogen) atoms. The number of hydrogen-bond acceptors (Lipinski definition) is 3. The van der Waals surface area contributed by atoms with E-state index in [1.165, 1.54) is 0 Å². The zero-order valence-electron chi connectivity index (χ0n) is 17.2. The highest BCUT2D eigenvalue weighted by atomic mass is 16.2. The Balaban J connectivity index is 1.83. The van der Waals surface area contributed by atoms with Crippen molar-refractivity contribution in [2.24, 2.45) is 5.92 Å². The molecule has 0 radical (unpaired) electrons. The van der Waals surface area contributed by atoms with E-state index >= 15 is 0 Å². The van der Waals surface area contributed by atoms with Crippen molar-refractivity contribution in [2.45, 2.75) is 57.4 Å². The molecular weight excluding hydrogens is 362 g/mol. The van der Waals surface area contributed by atoms with Crippen molar-refractivity contribution in [1.82, 2.24) is 9.88 Å². The number of hydrogen-bond donors (Lipinski definition) is 1. The van der Waals surface area contributed by atoms with Gasteiger partial charge in [0.2, 0.25) is 5.91 Å². The van der Waals surface area contributed by atoms with Crippen LogP contribution in [-0.2, 0) is 4.79 Å². The molecule has 2 heterocycles. The van der Waals surface area contributed by atoms with Crippen LogP contribution < -0.4 is 5.32 Å². The van der Waals surface area contributed by atoms with Crippen LogP contribution in [0.2, 0.25) is 0 Å². The number of rotatable bonds is 4. The summed E-state index contributed by atoms with van der Waals surface area (Å²) in [4.78, 5) is 33.5. The summed E-state index contributed by atoms with van der Waals surface area (Å²) in [6.07, 6.45) is 6.63. The van der Waals surface area contributed by atoms with Crippen LogP contribution >= 0.6 is 0 Å². The van der Waals surface area contributed by atoms with Crippen molar-refractivity contribution in [1.29, 1.82) is 0 Å². The van der Waals surface area contributed by atoms with Crippen LogP contribution in [-0.4, -0.2) is 33.8 Å². The van der Waals surface area contributed by atoms with Crippen LogP contribution in [0, 0.1) is 5.92 Å². The van der Waals surface area contributed by atoms with Gasteiger partial charge in [0.1, 0.15) is 5.82 Å². The van der Waals surface area contributed by atoms with Gasteiger partial charge in [-0.3, -0.25) is 9.59 Å². The normalized spacial score (nSPS) is 20.6. The Hall–Kier alpha value is -2.69. The quantitative estimate of drug-likeness (QED) is 0.827. The average Bonchev–Trinajstić information content (AvgIpc) is 2.72. The number of aromatic nitrogens is 1. The summed E-state index contributed by atoms with van der Waals surface area (Å²) in [5, 5.41) is 3.02. The maximum Gasteiger partial charge on any atom is 0.254 e. The van der Waals surface area contributed by atoms with E-state index in [1.807, 2.05) is 41.3 Å². The second-order valence-corrected chi connectivity index (χ2v) is 8.70. The van der Waals surface area contributed by atoms with Crippen LogP contribution in [0.3, 0.4) is 0 Å². The summed E-state index contributed by atoms with van der Waals surface area (Å²) in [5.41, 5.74) is 1.05. The van der Waals surface area contributed by atoms with Gasteiger partial charge in [-0.1, -0.05) is 57.4 Å². The van der Waals surface area contributed by atoms with Gasteiger partial charge in [-0.15, -0.1) is 0 Å². The highest BCUT2D eigenvalue weighted by Crippen LogP contribution is 2.49. The van der Waals surface area contributed by atoms with Crippen LogP contribution in [0.25, 0.3) is 0 Å². The molecule has 1 aliphatic heterocycles. The van der Waals surface area contributed by atoms with Crippen molar-refractivity contribution in [3.05, 3.63) is 59.8 Å². The maximum absolute atomic E-state index is 13.7. The van der Waals surface area contributed by atoms with Crippen LogP contribution in [0.4, 0.5) is 5.82 Å². The molecule has 1 N–H and O–H groups in total. The topological polar surface area (TPSA) is 62.3 Å². The van der Waals surface area contributed by atoms with Gasteiger partial charge in [0.05, 0.1) is 11.5 Å². The van der Waals surface area contributed by atoms with E-state index in [9.17, 15) is 9.59 Å². The molecule has 1 saturated carbocycles. The van der Waals surface area contributed by atoms with Crippen molar-refractivity contribution in [3.63, 3.8) is 0 Å². The second-order valence-electron chi connectivity index (χ2n) is 8.70. The summed E-state index contributed by atoms with van der Waals surface area (Å²) < 4.78 is 0. The van der Waals surface area contributed by atoms with Crippen molar-refractivity contribution in [2.75, 3.05) is 11.9 Å². The Morgan fingerprint density at radius 1 is 1.14 bits per heavy atom. The Bertz CT molecular complexity index is 888. The van der Waals surface area contributed by atoms with Crippen LogP contribution in [0.5, 0.6) is 0 Å². The fraction of sp³-hybridized carbons (Fsp3) is 0.458. The number of carbonyl (C=O) groups excluding carboxylic acids is 2. The van der Waals surface area contributed by atoms with E-state index in [0.29, 0.717) is 23.8 Å². The van der Waals surface area contributed by atoms with Gasteiger partial charge in [-0.05, 0) is 42.5 Å². The number of fused-ring (bicyclic) bond motifs is 1. The van der Waals surface area contributed by atoms with Gasteiger partial charge in [0.15, 0.2) is 0 Å². The lowest BCUT2D eigenvalue weighted by atomic mass is 9.65. The Morgan fingerprint density at radius 2 is 1.86 bits per heavy atom. The monoisotopic (exact) mass is 391 g/mol. The van der Waals surface area contributed by atoms with Crippen molar-refractivity contribution < 1.29 is 9.59 Å². The van der Waals surface area contributed by atoms with Crippen LogP contribution in [0.15, 0.2) is 48.7 Å². The minimum atomic E-state index is -0.465. The van der Waals surface area contributed by atoms with E-state index in [-0.39, 0.29) is 11.8 Å². The fourth-order valence-corrected chi connectivity index (χ4v) is 5.11. The fourth-order valence-electron chi connectivity index (χ4n) is 5.11. The van der Waals surface area contributed by atoms with Gasteiger partial charge < -0.3 is 10.2 Å². The van der Waals surface area contributed by atoms with Gasteiger partial charge >= 0.3 is 0 Å². The molecule has 0 saturated heterocycles. The Labute approximate surface area is 172 Å². The standard InChI is InChI=1S/C24H29N3O2/c1-17(2)16-27-23(29)19-11-5-4-10-18(19)21(24(27)13-7-3-8-14-24)22(28)26-20-12-6-9-15-25-20/h4-6,9-12,15,17,21H,3,7-8,13-14,16H2,1-2H3,(H,25,26,28). The highest BCUT2D eigenvalue weighted by molar-refractivity contribution is 6.04. The lowest BCUT2D eigenvalue weighted by Gasteiger charge is -2.54. The van der Waals surface area contributed by atoms with Crippen LogP contribution in [0.1, 0.15) is 67.8 Å². The third-order valence-corrected chi connectivity index (χ3v) is 6.27. The number of nitrogens with one attached hydrogen (secondary N) is 1. The van der Waals surface area contributed by atoms with E-state index < -0.39 is 11.5 Å². The summed E-state index contributed by atoms with van der Waals surface area (Å²) in [5.74, 6) is 0.491. The molecule has 2 aliphatic rings. The molecule has 1 atom stereocenters. The number of pyridine rings is 1. The highest BCUT2D eigenvalue weighted by Gasteiger charge is 2.54. The first-order chi connectivity index (χ1) is 14.0. The third kappa shape index (κ3) is 3.54. The minimum Gasteiger partial charge on any atom is -0.332 e. The molecule has 1 spiro atoms. The first-order valence-corrected chi connectivity index (χ1v) is 10.7. The molecule has 1 aliphatic carbocycles. The predicted molar refractivity (Wildman–Crippen MR) is 114 cm³/mol. The van der Waals surface area contributed by atoms with E-state index in [1.54, 1.807) is 12.3 Å². The average molecular weight is 392 g/mol. The van der Waals surface area contributed by atoms with Gasteiger partial charge in [0.25, 0.3) is 5.91 Å². The molecule has 1 aromatic heterocycles. The van der Waals surface area contributed by atoms with Gasteiger partial charge in [-0.25, -0.2) is 4.98 Å². The molecular formula is C24H29N3O2. The number of nitrogens with zero attached hydrogens (tertiary/aromatic N) is 2. The van der Waals surface area contributed by atoms with Gasteiger partial charge in [0, 0.05) is 18.3 Å². The molecule has 2 aromatic rings. The first-order valence-electron chi connectivity index (χ1n) is 10.7. The lowest BCUT2D eigenvalue weighted by Crippen LogP contribution is -2.62. The molecule has 0 bridgehead atoms.